The zero-order chi connectivity index (χ0) is 15.7. The number of aromatic nitrogens is 5. The van der Waals surface area contributed by atoms with Crippen LogP contribution in [0.5, 0.6) is 0 Å². The number of hydrogen-bond donors (Lipinski definition) is 1. The molecule has 0 saturated heterocycles. The van der Waals surface area contributed by atoms with Crippen molar-refractivity contribution >= 4 is 28.0 Å². The van der Waals surface area contributed by atoms with Gasteiger partial charge in [0.2, 0.25) is 10.9 Å². The van der Waals surface area contributed by atoms with Gasteiger partial charge >= 0.3 is 0 Å². The summed E-state index contributed by atoms with van der Waals surface area (Å²) in [6, 6.07) is 1.37. The van der Waals surface area contributed by atoms with E-state index in [9.17, 15) is 9.59 Å². The highest BCUT2D eigenvalue weighted by atomic mass is 32.1. The fourth-order valence-electron chi connectivity index (χ4n) is 2.09. The summed E-state index contributed by atoms with van der Waals surface area (Å²) in [4.78, 5) is 28.3. The van der Waals surface area contributed by atoms with Crippen LogP contribution in [0.4, 0.5) is 5.82 Å². The zero-order valence-corrected chi connectivity index (χ0v) is 12.9. The summed E-state index contributed by atoms with van der Waals surface area (Å²) >= 11 is 1.25. The zero-order valence-electron chi connectivity index (χ0n) is 12.1. The normalized spacial score (nSPS) is 12.5. The van der Waals surface area contributed by atoms with Crippen molar-refractivity contribution in [3.63, 3.8) is 0 Å². The van der Waals surface area contributed by atoms with Crippen molar-refractivity contribution in [3.8, 4) is 0 Å². The maximum absolute atomic E-state index is 12.4. The van der Waals surface area contributed by atoms with Crippen molar-refractivity contribution < 1.29 is 4.79 Å². The van der Waals surface area contributed by atoms with E-state index in [4.69, 9.17) is 0 Å². The summed E-state index contributed by atoms with van der Waals surface area (Å²) in [6.07, 6.45) is 3.99. The van der Waals surface area contributed by atoms with Gasteiger partial charge in [0, 0.05) is 17.8 Å². The largest absolute Gasteiger partial charge is 0.308 e. The Bertz CT molecular complexity index is 866. The second-order valence-corrected chi connectivity index (χ2v) is 5.55. The fourth-order valence-corrected chi connectivity index (χ4v) is 2.84. The monoisotopic (exact) mass is 318 g/mol. The minimum atomic E-state index is -0.404. The van der Waals surface area contributed by atoms with Crippen molar-refractivity contribution in [2.75, 3.05) is 5.32 Å². The van der Waals surface area contributed by atoms with Gasteiger partial charge in [0.25, 0.3) is 5.56 Å². The number of nitrogens with zero attached hydrogens (tertiary/aromatic N) is 5. The van der Waals surface area contributed by atoms with Gasteiger partial charge in [-0.3, -0.25) is 14.3 Å². The Balaban J connectivity index is 1.91. The smallest absolute Gasteiger partial charge is 0.295 e. The highest BCUT2D eigenvalue weighted by Crippen LogP contribution is 2.19. The van der Waals surface area contributed by atoms with E-state index in [0.717, 1.165) is 0 Å². The molecule has 1 atom stereocenters. The molecule has 1 N–H and O–H groups in total. The first kappa shape index (κ1) is 14.4. The summed E-state index contributed by atoms with van der Waals surface area (Å²) in [6.45, 7) is 3.50. The lowest BCUT2D eigenvalue weighted by atomic mass is 10.2. The van der Waals surface area contributed by atoms with Crippen LogP contribution in [0.25, 0.3) is 4.96 Å². The predicted molar refractivity (Wildman–Crippen MR) is 82.1 cm³/mol. The Morgan fingerprint density at radius 1 is 1.50 bits per heavy atom. The van der Waals surface area contributed by atoms with E-state index in [1.165, 1.54) is 15.9 Å². The molecule has 3 aromatic heterocycles. The first-order valence-corrected chi connectivity index (χ1v) is 7.63. The summed E-state index contributed by atoms with van der Waals surface area (Å²) in [7, 11) is 0. The van der Waals surface area contributed by atoms with Gasteiger partial charge in [-0.15, -0.1) is 11.3 Å². The van der Waals surface area contributed by atoms with Gasteiger partial charge in [-0.25, -0.2) is 0 Å². The van der Waals surface area contributed by atoms with Crippen LogP contribution in [-0.4, -0.2) is 30.3 Å². The maximum Gasteiger partial charge on any atom is 0.295 e. The van der Waals surface area contributed by atoms with E-state index in [2.05, 4.69) is 20.5 Å². The Kier molecular flexibility index (Phi) is 3.72. The van der Waals surface area contributed by atoms with Crippen molar-refractivity contribution in [3.05, 3.63) is 39.9 Å². The summed E-state index contributed by atoms with van der Waals surface area (Å²) in [5.41, 5.74) is -0.0757. The van der Waals surface area contributed by atoms with Crippen LogP contribution >= 0.6 is 11.3 Å². The molecule has 3 rings (SSSR count). The molecule has 0 aromatic carbocycles. The first-order valence-electron chi connectivity index (χ1n) is 6.75. The van der Waals surface area contributed by atoms with Crippen LogP contribution in [-0.2, 0) is 4.79 Å². The molecule has 0 fully saturated rings. The Morgan fingerprint density at radius 3 is 3.00 bits per heavy atom. The number of carbonyl (C=O) groups is 1. The second-order valence-electron chi connectivity index (χ2n) is 4.72. The van der Waals surface area contributed by atoms with Crippen LogP contribution in [0.2, 0.25) is 0 Å². The molecular formula is C13H14N6O2S. The molecule has 3 aromatic rings. The number of thiazole rings is 1. The Labute approximate surface area is 129 Å². The Hall–Kier alpha value is -2.55. The minimum Gasteiger partial charge on any atom is -0.308 e. The molecule has 1 unspecified atom stereocenters. The number of rotatable bonds is 4. The van der Waals surface area contributed by atoms with Gasteiger partial charge in [-0.1, -0.05) is 6.92 Å². The molecule has 8 nitrogen and oxygen atoms in total. The SMILES string of the molecule is CCC(C(=O)Nc1csc2nc(=O)c(C)nn12)n1cccn1. The number of carbonyl (C=O) groups excluding carboxylic acids is 1. The second kappa shape index (κ2) is 5.68. The van der Waals surface area contributed by atoms with E-state index in [1.807, 2.05) is 6.92 Å². The van der Waals surface area contributed by atoms with Gasteiger partial charge in [0.15, 0.2) is 0 Å². The fraction of sp³-hybridized carbons (Fsp3) is 0.308. The average molecular weight is 318 g/mol. The van der Waals surface area contributed by atoms with Crippen LogP contribution in [0.1, 0.15) is 25.1 Å². The third-order valence-corrected chi connectivity index (χ3v) is 4.04. The van der Waals surface area contributed by atoms with Gasteiger partial charge in [-0.05, 0) is 19.4 Å². The number of hydrogen-bond acceptors (Lipinski definition) is 6. The maximum atomic E-state index is 12.4. The van der Waals surface area contributed by atoms with E-state index in [-0.39, 0.29) is 17.2 Å². The topological polar surface area (TPSA) is 94.2 Å². The van der Waals surface area contributed by atoms with Gasteiger partial charge in [0.05, 0.1) is 0 Å². The third kappa shape index (κ3) is 2.50. The highest BCUT2D eigenvalue weighted by molar-refractivity contribution is 7.15. The van der Waals surface area contributed by atoms with E-state index < -0.39 is 6.04 Å². The number of aryl methyl sites for hydroxylation is 1. The highest BCUT2D eigenvalue weighted by Gasteiger charge is 2.20. The standard InChI is InChI=1S/C13H14N6O2S/c1-3-9(18-6-4-5-14-18)12(21)15-10-7-22-13-16-11(20)8(2)17-19(10)13/h4-7,9H,3H2,1-2H3,(H,15,21). The lowest BCUT2D eigenvalue weighted by Crippen LogP contribution is -2.27. The third-order valence-electron chi connectivity index (χ3n) is 3.23. The van der Waals surface area contributed by atoms with E-state index >= 15 is 0 Å². The molecule has 22 heavy (non-hydrogen) atoms. The predicted octanol–water partition coefficient (Wildman–Crippen LogP) is 1.25. The number of anilines is 1. The summed E-state index contributed by atoms with van der Waals surface area (Å²) in [5.74, 6) is 0.301. The molecule has 0 aliphatic carbocycles. The van der Waals surface area contributed by atoms with Crippen molar-refractivity contribution in [1.29, 1.82) is 0 Å². The molecule has 0 saturated carbocycles. The van der Waals surface area contributed by atoms with Crippen LogP contribution in [0, 0.1) is 6.92 Å². The molecule has 0 radical (unpaired) electrons. The van der Waals surface area contributed by atoms with Crippen LogP contribution in [0.3, 0.4) is 0 Å². The van der Waals surface area contributed by atoms with Crippen molar-refractivity contribution in [2.45, 2.75) is 26.3 Å². The lowest BCUT2D eigenvalue weighted by Gasteiger charge is -2.15. The van der Waals surface area contributed by atoms with E-state index in [0.29, 0.717) is 17.2 Å². The van der Waals surface area contributed by atoms with Crippen LogP contribution < -0.4 is 10.9 Å². The first-order chi connectivity index (χ1) is 10.6. The minimum absolute atomic E-state index is 0.191. The molecular weight excluding hydrogens is 304 g/mol. The quantitative estimate of drug-likeness (QED) is 0.781. The number of fused-ring (bicyclic) bond motifs is 1. The summed E-state index contributed by atoms with van der Waals surface area (Å²) in [5, 5.41) is 12.8. The van der Waals surface area contributed by atoms with Gasteiger partial charge in [0.1, 0.15) is 17.6 Å². The Morgan fingerprint density at radius 2 is 2.32 bits per heavy atom. The van der Waals surface area contributed by atoms with Crippen LogP contribution in [0.15, 0.2) is 28.6 Å². The summed E-state index contributed by atoms with van der Waals surface area (Å²) < 4.78 is 3.08. The average Bonchev–Trinajstić information content (AvgIpc) is 3.12. The molecule has 0 aliphatic rings. The number of amides is 1. The number of nitrogens with one attached hydrogen (secondary N) is 1. The molecule has 0 bridgehead atoms. The molecule has 0 aliphatic heterocycles. The van der Waals surface area contributed by atoms with Gasteiger partial charge in [-0.2, -0.15) is 19.7 Å². The van der Waals surface area contributed by atoms with Gasteiger partial charge < -0.3 is 5.32 Å². The molecule has 114 valence electrons. The molecule has 3 heterocycles. The van der Waals surface area contributed by atoms with Crippen molar-refractivity contribution in [1.82, 2.24) is 24.4 Å². The van der Waals surface area contributed by atoms with E-state index in [1.54, 1.807) is 35.4 Å². The molecule has 1 amide bonds. The molecule has 0 spiro atoms. The molecule has 9 heteroatoms. The van der Waals surface area contributed by atoms with Crippen molar-refractivity contribution in [2.24, 2.45) is 0 Å². The lowest BCUT2D eigenvalue weighted by molar-refractivity contribution is -0.119.